The van der Waals surface area contributed by atoms with Gasteiger partial charge in [-0.15, -0.1) is 0 Å². The topological polar surface area (TPSA) is 0 Å². The van der Waals surface area contributed by atoms with Crippen molar-refractivity contribution in [2.45, 2.75) is 12.7 Å². The highest BCUT2D eigenvalue weighted by atomic mass is 32.1. The van der Waals surface area contributed by atoms with Gasteiger partial charge in [-0.2, -0.15) is 12.6 Å². The van der Waals surface area contributed by atoms with Gasteiger partial charge in [0.15, 0.2) is 0 Å². The largest absolute Gasteiger partial charge is 0.207 e. The summed E-state index contributed by atoms with van der Waals surface area (Å²) in [7, 11) is 0. The second-order valence-corrected chi connectivity index (χ2v) is 2.63. The van der Waals surface area contributed by atoms with E-state index < -0.39 is 11.6 Å². The number of hydrogen-bond acceptors (Lipinski definition) is 1. The zero-order valence-electron chi connectivity index (χ0n) is 6.06. The summed E-state index contributed by atoms with van der Waals surface area (Å²) in [5.74, 6) is -0.914. The average Bonchev–Trinajstić information content (AvgIpc) is 1.99. The monoisotopic (exact) mass is 174 g/mol. The lowest BCUT2D eigenvalue weighted by Crippen LogP contribution is -1.94. The van der Waals surface area contributed by atoms with Gasteiger partial charge in [-0.3, -0.25) is 0 Å². The normalized spacial score (nSPS) is 10.2. The molecule has 0 amide bonds. The van der Waals surface area contributed by atoms with E-state index in [2.05, 4.69) is 12.6 Å². The minimum Gasteiger partial charge on any atom is -0.207 e. The molecule has 60 valence electrons. The van der Waals surface area contributed by atoms with Crippen molar-refractivity contribution in [3.05, 3.63) is 34.9 Å². The van der Waals surface area contributed by atoms with Gasteiger partial charge in [0, 0.05) is 11.3 Å². The lowest BCUT2D eigenvalue weighted by Gasteiger charge is -2.02. The summed E-state index contributed by atoms with van der Waals surface area (Å²) in [6, 6.07) is 2.67. The van der Waals surface area contributed by atoms with Crippen LogP contribution in [0.25, 0.3) is 0 Å². The molecule has 3 heteroatoms. The standard InChI is InChI=1S/C8H8F2S/c1-5-2-3-7(9)6(4-11)8(5)10/h2-3,11H,4H2,1H3. The molecule has 0 aromatic heterocycles. The molecule has 0 aliphatic heterocycles. The van der Waals surface area contributed by atoms with Crippen molar-refractivity contribution in [2.75, 3.05) is 0 Å². The lowest BCUT2D eigenvalue weighted by atomic mass is 10.1. The maximum Gasteiger partial charge on any atom is 0.133 e. The Morgan fingerprint density at radius 3 is 2.45 bits per heavy atom. The van der Waals surface area contributed by atoms with E-state index in [0.717, 1.165) is 0 Å². The lowest BCUT2D eigenvalue weighted by molar-refractivity contribution is 0.561. The Balaban J connectivity index is 3.29. The molecule has 0 radical (unpaired) electrons. The van der Waals surface area contributed by atoms with Gasteiger partial charge in [-0.1, -0.05) is 6.07 Å². The van der Waals surface area contributed by atoms with Crippen molar-refractivity contribution in [1.82, 2.24) is 0 Å². The van der Waals surface area contributed by atoms with E-state index in [1.807, 2.05) is 0 Å². The molecule has 0 heterocycles. The Labute approximate surface area is 69.6 Å². The van der Waals surface area contributed by atoms with Crippen LogP contribution in [0.15, 0.2) is 12.1 Å². The molecular weight excluding hydrogens is 166 g/mol. The van der Waals surface area contributed by atoms with Crippen LogP contribution >= 0.6 is 12.6 Å². The highest BCUT2D eigenvalue weighted by molar-refractivity contribution is 7.79. The Morgan fingerprint density at radius 1 is 1.36 bits per heavy atom. The number of aryl methyl sites for hydroxylation is 1. The van der Waals surface area contributed by atoms with E-state index in [0.29, 0.717) is 5.56 Å². The van der Waals surface area contributed by atoms with E-state index in [1.165, 1.54) is 12.1 Å². The molecule has 0 spiro atoms. The molecule has 1 aromatic rings. The minimum absolute atomic E-state index is 0.0494. The fourth-order valence-corrected chi connectivity index (χ4v) is 1.15. The molecule has 1 aromatic carbocycles. The summed E-state index contributed by atoms with van der Waals surface area (Å²) in [5, 5.41) is 0. The van der Waals surface area contributed by atoms with E-state index in [9.17, 15) is 8.78 Å². The van der Waals surface area contributed by atoms with Crippen molar-refractivity contribution >= 4 is 12.6 Å². The summed E-state index contributed by atoms with van der Waals surface area (Å²) in [5.41, 5.74) is 0.504. The van der Waals surface area contributed by atoms with Crippen LogP contribution in [0.4, 0.5) is 8.78 Å². The number of hydrogen-bond donors (Lipinski definition) is 1. The molecule has 0 bridgehead atoms. The molecule has 0 aliphatic carbocycles. The highest BCUT2D eigenvalue weighted by Crippen LogP contribution is 2.17. The van der Waals surface area contributed by atoms with Crippen molar-refractivity contribution in [2.24, 2.45) is 0 Å². The first-order chi connectivity index (χ1) is 5.16. The van der Waals surface area contributed by atoms with Crippen LogP contribution in [0, 0.1) is 18.6 Å². The molecule has 0 fully saturated rings. The third-order valence-corrected chi connectivity index (χ3v) is 1.85. The first-order valence-corrected chi connectivity index (χ1v) is 3.84. The van der Waals surface area contributed by atoms with Crippen LogP contribution in [0.2, 0.25) is 0 Å². The first kappa shape index (κ1) is 8.53. The summed E-state index contributed by atoms with van der Waals surface area (Å²) < 4.78 is 25.7. The summed E-state index contributed by atoms with van der Waals surface area (Å²) in [4.78, 5) is 0. The molecule has 11 heavy (non-hydrogen) atoms. The molecule has 0 saturated carbocycles. The Kier molecular flexibility index (Phi) is 2.49. The third-order valence-electron chi connectivity index (χ3n) is 1.54. The van der Waals surface area contributed by atoms with E-state index in [1.54, 1.807) is 6.92 Å². The van der Waals surface area contributed by atoms with Crippen LogP contribution in [-0.2, 0) is 5.75 Å². The maximum absolute atomic E-state index is 13.0. The molecule has 0 nitrogen and oxygen atoms in total. The maximum atomic E-state index is 13.0. The third kappa shape index (κ3) is 1.53. The van der Waals surface area contributed by atoms with Gasteiger partial charge < -0.3 is 0 Å². The zero-order valence-corrected chi connectivity index (χ0v) is 6.96. The average molecular weight is 174 g/mol. The second-order valence-electron chi connectivity index (χ2n) is 2.31. The van der Waals surface area contributed by atoms with Crippen LogP contribution in [0.1, 0.15) is 11.1 Å². The smallest absolute Gasteiger partial charge is 0.133 e. The quantitative estimate of drug-likeness (QED) is 0.622. The van der Waals surface area contributed by atoms with Gasteiger partial charge in [0.05, 0.1) is 0 Å². The van der Waals surface area contributed by atoms with Crippen molar-refractivity contribution in [1.29, 1.82) is 0 Å². The molecule has 0 saturated heterocycles. The number of benzene rings is 1. The van der Waals surface area contributed by atoms with E-state index in [4.69, 9.17) is 0 Å². The van der Waals surface area contributed by atoms with E-state index >= 15 is 0 Å². The summed E-state index contributed by atoms with van der Waals surface area (Å²) in [6.07, 6.45) is 0. The van der Waals surface area contributed by atoms with Gasteiger partial charge in [0.25, 0.3) is 0 Å². The molecule has 0 aliphatic rings. The summed E-state index contributed by atoms with van der Waals surface area (Å²) >= 11 is 3.82. The summed E-state index contributed by atoms with van der Waals surface area (Å²) in [6.45, 7) is 1.60. The molecular formula is C8H8F2S. The van der Waals surface area contributed by atoms with Crippen LogP contribution < -0.4 is 0 Å². The Morgan fingerprint density at radius 2 is 2.00 bits per heavy atom. The first-order valence-electron chi connectivity index (χ1n) is 3.21. The van der Waals surface area contributed by atoms with Crippen LogP contribution in [-0.4, -0.2) is 0 Å². The number of rotatable bonds is 1. The van der Waals surface area contributed by atoms with Gasteiger partial charge in [-0.25, -0.2) is 8.78 Å². The zero-order chi connectivity index (χ0) is 8.43. The molecule has 0 N–H and O–H groups in total. The Bertz CT molecular complexity index is 271. The second kappa shape index (κ2) is 3.22. The molecule has 0 unspecified atom stereocenters. The number of halogens is 2. The van der Waals surface area contributed by atoms with Crippen molar-refractivity contribution in [3.63, 3.8) is 0 Å². The van der Waals surface area contributed by atoms with Crippen LogP contribution in [0.3, 0.4) is 0 Å². The SMILES string of the molecule is Cc1ccc(F)c(CS)c1F. The van der Waals surface area contributed by atoms with Gasteiger partial charge in [0.1, 0.15) is 11.6 Å². The molecule has 0 atom stereocenters. The van der Waals surface area contributed by atoms with Crippen LogP contribution in [0.5, 0.6) is 0 Å². The number of thiol groups is 1. The minimum atomic E-state index is -0.525. The van der Waals surface area contributed by atoms with Gasteiger partial charge >= 0.3 is 0 Å². The van der Waals surface area contributed by atoms with E-state index in [-0.39, 0.29) is 11.3 Å². The van der Waals surface area contributed by atoms with Crippen molar-refractivity contribution in [3.8, 4) is 0 Å². The highest BCUT2D eigenvalue weighted by Gasteiger charge is 2.08. The van der Waals surface area contributed by atoms with Gasteiger partial charge in [-0.05, 0) is 18.6 Å². The fraction of sp³-hybridized carbons (Fsp3) is 0.250. The van der Waals surface area contributed by atoms with Crippen molar-refractivity contribution < 1.29 is 8.78 Å². The predicted molar refractivity (Wildman–Crippen MR) is 43.8 cm³/mol. The van der Waals surface area contributed by atoms with Gasteiger partial charge in [0.2, 0.25) is 0 Å². The molecule has 1 rings (SSSR count). The predicted octanol–water partition coefficient (Wildman–Crippen LogP) is 2.70. The fourth-order valence-electron chi connectivity index (χ4n) is 0.860. The Hall–Kier alpha value is -0.570.